The van der Waals surface area contributed by atoms with Crippen molar-refractivity contribution >= 4 is 28.4 Å². The van der Waals surface area contributed by atoms with Crippen LogP contribution in [0.1, 0.15) is 31.5 Å². The number of nitrogens with zero attached hydrogens (tertiary/aromatic N) is 3. The minimum absolute atomic E-state index is 0.0287. The number of hydrogen-bond donors (Lipinski definition) is 1. The highest BCUT2D eigenvalue weighted by Gasteiger charge is 2.26. The van der Waals surface area contributed by atoms with E-state index >= 15 is 0 Å². The Morgan fingerprint density at radius 2 is 2.16 bits per heavy atom. The van der Waals surface area contributed by atoms with E-state index in [9.17, 15) is 0 Å². The Kier molecular flexibility index (Phi) is 4.97. The SMILES string of the molecule is CNc1nc(C2CN(C(C)C)CCO2)nc(C)c1I. The van der Waals surface area contributed by atoms with E-state index in [1.54, 1.807) is 0 Å². The third-order valence-electron chi connectivity index (χ3n) is 3.39. The van der Waals surface area contributed by atoms with Crippen LogP contribution in [0.2, 0.25) is 0 Å². The van der Waals surface area contributed by atoms with Crippen LogP contribution in [0.15, 0.2) is 0 Å². The van der Waals surface area contributed by atoms with Crippen molar-refractivity contribution in [1.82, 2.24) is 14.9 Å². The molecule has 1 N–H and O–H groups in total. The highest BCUT2D eigenvalue weighted by molar-refractivity contribution is 14.1. The lowest BCUT2D eigenvalue weighted by Gasteiger charge is -2.34. The Morgan fingerprint density at radius 3 is 2.79 bits per heavy atom. The molecule has 0 radical (unpaired) electrons. The summed E-state index contributed by atoms with van der Waals surface area (Å²) in [6.45, 7) is 9.02. The van der Waals surface area contributed by atoms with Gasteiger partial charge in [-0.15, -0.1) is 0 Å². The molecule has 1 fully saturated rings. The Bertz CT molecular complexity index is 453. The molecule has 1 aromatic rings. The molecule has 6 heteroatoms. The van der Waals surface area contributed by atoms with Gasteiger partial charge in [0.25, 0.3) is 0 Å². The van der Waals surface area contributed by atoms with Crippen LogP contribution in [-0.2, 0) is 4.74 Å². The summed E-state index contributed by atoms with van der Waals surface area (Å²) in [7, 11) is 1.88. The summed E-state index contributed by atoms with van der Waals surface area (Å²) in [5.74, 6) is 1.67. The highest BCUT2D eigenvalue weighted by Crippen LogP contribution is 2.25. The fourth-order valence-corrected chi connectivity index (χ4v) is 2.70. The highest BCUT2D eigenvalue weighted by atomic mass is 127. The van der Waals surface area contributed by atoms with Gasteiger partial charge in [0.15, 0.2) is 5.82 Å². The zero-order chi connectivity index (χ0) is 14.0. The van der Waals surface area contributed by atoms with Crippen LogP contribution in [-0.4, -0.2) is 47.7 Å². The number of aromatic nitrogens is 2. The molecule has 1 aliphatic heterocycles. The molecule has 106 valence electrons. The summed E-state index contributed by atoms with van der Waals surface area (Å²) in [4.78, 5) is 11.6. The first kappa shape index (κ1) is 14.9. The van der Waals surface area contributed by atoms with Gasteiger partial charge in [0.05, 0.1) is 15.9 Å². The van der Waals surface area contributed by atoms with Gasteiger partial charge in [0.1, 0.15) is 11.9 Å². The minimum atomic E-state index is -0.0287. The first-order chi connectivity index (χ1) is 9.02. The molecule has 1 aromatic heterocycles. The molecule has 0 saturated carbocycles. The molecular weight excluding hydrogens is 355 g/mol. The van der Waals surface area contributed by atoms with Gasteiger partial charge in [-0.05, 0) is 43.4 Å². The van der Waals surface area contributed by atoms with E-state index in [0.717, 1.165) is 40.6 Å². The van der Waals surface area contributed by atoms with Crippen molar-refractivity contribution in [3.63, 3.8) is 0 Å². The summed E-state index contributed by atoms with van der Waals surface area (Å²) in [5, 5.41) is 3.12. The van der Waals surface area contributed by atoms with Gasteiger partial charge in [-0.2, -0.15) is 0 Å². The van der Waals surface area contributed by atoms with E-state index in [1.807, 2.05) is 14.0 Å². The van der Waals surface area contributed by atoms with E-state index in [-0.39, 0.29) is 6.10 Å². The molecule has 0 amide bonds. The van der Waals surface area contributed by atoms with E-state index in [2.05, 4.69) is 56.6 Å². The summed E-state index contributed by atoms with van der Waals surface area (Å²) in [6.07, 6.45) is -0.0287. The number of hydrogen-bond acceptors (Lipinski definition) is 5. The quantitative estimate of drug-likeness (QED) is 0.820. The molecule has 2 heterocycles. The van der Waals surface area contributed by atoms with Crippen molar-refractivity contribution in [3.05, 3.63) is 15.1 Å². The lowest BCUT2D eigenvalue weighted by molar-refractivity contribution is -0.0443. The maximum absolute atomic E-state index is 5.84. The maximum atomic E-state index is 5.84. The average molecular weight is 376 g/mol. The first-order valence-corrected chi connectivity index (χ1v) is 7.68. The molecule has 1 atom stereocenters. The van der Waals surface area contributed by atoms with E-state index in [4.69, 9.17) is 4.74 Å². The van der Waals surface area contributed by atoms with E-state index < -0.39 is 0 Å². The molecule has 1 aliphatic rings. The summed E-state index contributed by atoms with van der Waals surface area (Å²) >= 11 is 2.27. The Morgan fingerprint density at radius 1 is 1.42 bits per heavy atom. The van der Waals surface area contributed by atoms with Crippen LogP contribution in [0.25, 0.3) is 0 Å². The summed E-state index contributed by atoms with van der Waals surface area (Å²) in [6, 6.07) is 0.528. The van der Waals surface area contributed by atoms with Crippen molar-refractivity contribution in [2.75, 3.05) is 32.1 Å². The molecule has 0 aliphatic carbocycles. The zero-order valence-electron chi connectivity index (χ0n) is 11.9. The average Bonchev–Trinajstić information content (AvgIpc) is 2.41. The van der Waals surface area contributed by atoms with Crippen LogP contribution in [0.3, 0.4) is 0 Å². The second kappa shape index (κ2) is 6.32. The molecule has 1 saturated heterocycles. The summed E-state index contributed by atoms with van der Waals surface area (Å²) < 4.78 is 6.91. The van der Waals surface area contributed by atoms with Gasteiger partial charge in [-0.1, -0.05) is 0 Å². The third kappa shape index (κ3) is 3.35. The standard InChI is InChI=1S/C13H21IN4O/c1-8(2)18-5-6-19-10(7-18)12-16-9(3)11(14)13(15-4)17-12/h8,10H,5-7H2,1-4H3,(H,15,16,17). The minimum Gasteiger partial charge on any atom is -0.372 e. The van der Waals surface area contributed by atoms with Crippen molar-refractivity contribution in [1.29, 1.82) is 0 Å². The van der Waals surface area contributed by atoms with E-state index in [1.165, 1.54) is 0 Å². The molecular formula is C13H21IN4O. The van der Waals surface area contributed by atoms with Crippen molar-refractivity contribution in [3.8, 4) is 0 Å². The topological polar surface area (TPSA) is 50.3 Å². The van der Waals surface area contributed by atoms with Crippen LogP contribution in [0.4, 0.5) is 5.82 Å². The van der Waals surface area contributed by atoms with Crippen LogP contribution < -0.4 is 5.32 Å². The maximum Gasteiger partial charge on any atom is 0.161 e. The van der Waals surface area contributed by atoms with Crippen molar-refractivity contribution in [2.45, 2.75) is 32.9 Å². The largest absolute Gasteiger partial charge is 0.372 e. The number of nitrogens with one attached hydrogen (secondary N) is 1. The molecule has 5 nitrogen and oxygen atoms in total. The van der Waals surface area contributed by atoms with Gasteiger partial charge in [0, 0.05) is 26.2 Å². The van der Waals surface area contributed by atoms with Crippen LogP contribution in [0, 0.1) is 10.5 Å². The fraction of sp³-hybridized carbons (Fsp3) is 0.692. The summed E-state index contributed by atoms with van der Waals surface area (Å²) in [5.41, 5.74) is 1.00. The predicted molar refractivity (Wildman–Crippen MR) is 84.4 cm³/mol. The van der Waals surface area contributed by atoms with Crippen molar-refractivity contribution < 1.29 is 4.74 Å². The van der Waals surface area contributed by atoms with Crippen molar-refractivity contribution in [2.24, 2.45) is 0 Å². The number of morpholine rings is 1. The van der Waals surface area contributed by atoms with Gasteiger partial charge in [0.2, 0.25) is 0 Å². The third-order valence-corrected chi connectivity index (χ3v) is 4.68. The van der Waals surface area contributed by atoms with Gasteiger partial charge >= 0.3 is 0 Å². The van der Waals surface area contributed by atoms with Gasteiger partial charge in [-0.3, -0.25) is 4.90 Å². The van der Waals surface area contributed by atoms with Gasteiger partial charge in [-0.25, -0.2) is 9.97 Å². The number of halogens is 1. The normalized spacial score (nSPS) is 20.8. The zero-order valence-corrected chi connectivity index (χ0v) is 14.1. The van der Waals surface area contributed by atoms with E-state index in [0.29, 0.717) is 6.04 Å². The Hall–Kier alpha value is -0.470. The predicted octanol–water partition coefficient (Wildman–Crippen LogP) is 2.21. The lowest BCUT2D eigenvalue weighted by Crippen LogP contribution is -2.42. The molecule has 1 unspecified atom stereocenters. The number of rotatable bonds is 3. The van der Waals surface area contributed by atoms with Gasteiger partial charge < -0.3 is 10.1 Å². The number of ether oxygens (including phenoxy) is 1. The number of anilines is 1. The van der Waals surface area contributed by atoms with Crippen LogP contribution in [0.5, 0.6) is 0 Å². The molecule has 2 rings (SSSR count). The Labute approximate surface area is 128 Å². The molecule has 0 bridgehead atoms. The fourth-order valence-electron chi connectivity index (χ4n) is 2.18. The Balaban J connectivity index is 2.24. The lowest BCUT2D eigenvalue weighted by atomic mass is 10.2. The molecule has 0 aromatic carbocycles. The molecule has 0 spiro atoms. The monoisotopic (exact) mass is 376 g/mol. The second-order valence-corrected chi connectivity index (χ2v) is 6.11. The molecule has 19 heavy (non-hydrogen) atoms. The second-order valence-electron chi connectivity index (χ2n) is 5.03. The number of aryl methyl sites for hydroxylation is 1. The smallest absolute Gasteiger partial charge is 0.161 e. The van der Waals surface area contributed by atoms with Crippen LogP contribution >= 0.6 is 22.6 Å². The first-order valence-electron chi connectivity index (χ1n) is 6.60.